The summed E-state index contributed by atoms with van der Waals surface area (Å²) in [6.07, 6.45) is 0. The fraction of sp³-hybridized carbons (Fsp3) is 0.222. The molecule has 0 atom stereocenters. The minimum absolute atomic E-state index is 0.0602. The maximum absolute atomic E-state index is 11.9. The molecule has 0 aliphatic rings. The molecule has 0 aliphatic heterocycles. The third-order valence-electron chi connectivity index (χ3n) is 3.53. The summed E-state index contributed by atoms with van der Waals surface area (Å²) in [6, 6.07) is 12.6. The highest BCUT2D eigenvalue weighted by Gasteiger charge is 2.12. The number of carbonyl (C=O) groups excluding carboxylic acids is 2. The van der Waals surface area contributed by atoms with E-state index in [0.29, 0.717) is 11.7 Å². The summed E-state index contributed by atoms with van der Waals surface area (Å²) in [5.41, 5.74) is 5.33. The summed E-state index contributed by atoms with van der Waals surface area (Å²) in [7, 11) is 0. The summed E-state index contributed by atoms with van der Waals surface area (Å²) in [5, 5.41) is 10.7. The first-order chi connectivity index (χ1) is 12.4. The quantitative estimate of drug-likeness (QED) is 0.610. The van der Waals surface area contributed by atoms with Gasteiger partial charge in [0.25, 0.3) is 17.5 Å². The molecular formula is C18H19N3O5. The van der Waals surface area contributed by atoms with E-state index in [1.807, 2.05) is 18.2 Å². The second kappa shape index (κ2) is 8.61. The highest BCUT2D eigenvalue weighted by Crippen LogP contribution is 2.20. The number of nitro benzene ring substituents is 1. The monoisotopic (exact) mass is 357 g/mol. The van der Waals surface area contributed by atoms with Gasteiger partial charge in [-0.05, 0) is 29.7 Å². The van der Waals surface area contributed by atoms with E-state index in [0.717, 1.165) is 11.6 Å². The molecule has 0 bridgehead atoms. The van der Waals surface area contributed by atoms with Crippen LogP contribution in [0.25, 0.3) is 0 Å². The number of nitrogens with zero attached hydrogens (tertiary/aromatic N) is 1. The van der Waals surface area contributed by atoms with E-state index in [4.69, 9.17) is 4.74 Å². The summed E-state index contributed by atoms with van der Waals surface area (Å²) in [5.74, 6) is -0.333. The molecule has 136 valence electrons. The summed E-state index contributed by atoms with van der Waals surface area (Å²) in [4.78, 5) is 33.8. The molecule has 0 fully saturated rings. The summed E-state index contributed by atoms with van der Waals surface area (Å²) >= 11 is 0. The van der Waals surface area contributed by atoms with Gasteiger partial charge >= 0.3 is 0 Å². The van der Waals surface area contributed by atoms with Crippen LogP contribution in [0.1, 0.15) is 35.7 Å². The largest absolute Gasteiger partial charge is 0.484 e. The van der Waals surface area contributed by atoms with Gasteiger partial charge in [0.05, 0.1) is 4.92 Å². The Labute approximate surface area is 150 Å². The molecule has 0 saturated heterocycles. The molecule has 2 rings (SSSR count). The molecule has 2 N–H and O–H groups in total. The Morgan fingerprint density at radius 3 is 2.54 bits per heavy atom. The lowest BCUT2D eigenvalue weighted by Crippen LogP contribution is -2.43. The van der Waals surface area contributed by atoms with Gasteiger partial charge < -0.3 is 4.74 Å². The molecule has 0 aliphatic carbocycles. The van der Waals surface area contributed by atoms with Crippen molar-refractivity contribution in [3.63, 3.8) is 0 Å². The molecule has 8 nitrogen and oxygen atoms in total. The Morgan fingerprint density at radius 2 is 1.85 bits per heavy atom. The average Bonchev–Trinajstić information content (AvgIpc) is 2.64. The van der Waals surface area contributed by atoms with E-state index < -0.39 is 16.7 Å². The fourth-order valence-corrected chi connectivity index (χ4v) is 2.11. The van der Waals surface area contributed by atoms with Crippen molar-refractivity contribution in [1.82, 2.24) is 10.9 Å². The number of nitro groups is 1. The molecule has 8 heteroatoms. The number of hydrogen-bond donors (Lipinski definition) is 2. The SMILES string of the molecule is CC(C)c1cccc(OCC(=O)NNC(=O)c2cccc([N+](=O)[O-])c2)c1. The third kappa shape index (κ3) is 5.30. The lowest BCUT2D eigenvalue weighted by molar-refractivity contribution is -0.384. The second-order valence-corrected chi connectivity index (χ2v) is 5.83. The number of hydrazine groups is 1. The topological polar surface area (TPSA) is 111 Å². The first kappa shape index (κ1) is 18.9. The lowest BCUT2D eigenvalue weighted by atomic mass is 10.0. The number of rotatable bonds is 6. The summed E-state index contributed by atoms with van der Waals surface area (Å²) < 4.78 is 5.39. The van der Waals surface area contributed by atoms with Crippen molar-refractivity contribution < 1.29 is 19.2 Å². The lowest BCUT2D eigenvalue weighted by Gasteiger charge is -2.11. The highest BCUT2D eigenvalue weighted by atomic mass is 16.6. The molecule has 0 spiro atoms. The van der Waals surface area contributed by atoms with Gasteiger partial charge in [-0.2, -0.15) is 0 Å². The first-order valence-corrected chi connectivity index (χ1v) is 7.93. The van der Waals surface area contributed by atoms with Crippen molar-refractivity contribution in [3.8, 4) is 5.75 Å². The van der Waals surface area contributed by atoms with Gasteiger partial charge in [-0.25, -0.2) is 0 Å². The minimum atomic E-state index is -0.663. The van der Waals surface area contributed by atoms with Crippen LogP contribution in [0.15, 0.2) is 48.5 Å². The zero-order chi connectivity index (χ0) is 19.1. The van der Waals surface area contributed by atoms with Crippen LogP contribution in [0.3, 0.4) is 0 Å². The molecule has 0 radical (unpaired) electrons. The van der Waals surface area contributed by atoms with Gasteiger partial charge in [-0.1, -0.05) is 32.0 Å². The van der Waals surface area contributed by atoms with Crippen LogP contribution in [0.2, 0.25) is 0 Å². The van der Waals surface area contributed by atoms with Crippen molar-refractivity contribution in [2.75, 3.05) is 6.61 Å². The van der Waals surface area contributed by atoms with Crippen molar-refractivity contribution in [3.05, 3.63) is 69.8 Å². The predicted molar refractivity (Wildman–Crippen MR) is 94.7 cm³/mol. The number of ether oxygens (including phenoxy) is 1. The molecule has 2 amide bonds. The predicted octanol–water partition coefficient (Wildman–Crippen LogP) is 2.56. The van der Waals surface area contributed by atoms with Crippen molar-refractivity contribution in [1.29, 1.82) is 0 Å². The van der Waals surface area contributed by atoms with E-state index in [2.05, 4.69) is 24.7 Å². The van der Waals surface area contributed by atoms with Crippen LogP contribution in [0.4, 0.5) is 5.69 Å². The van der Waals surface area contributed by atoms with Gasteiger partial charge in [0, 0.05) is 17.7 Å². The van der Waals surface area contributed by atoms with Crippen LogP contribution in [0, 0.1) is 10.1 Å². The molecular weight excluding hydrogens is 338 g/mol. The number of amides is 2. The second-order valence-electron chi connectivity index (χ2n) is 5.83. The maximum atomic E-state index is 11.9. The van der Waals surface area contributed by atoms with Gasteiger partial charge in [-0.3, -0.25) is 30.6 Å². The normalized spacial score (nSPS) is 10.3. The Bertz CT molecular complexity index is 820. The highest BCUT2D eigenvalue weighted by molar-refractivity contribution is 5.96. The standard InChI is InChI=1S/C18H19N3O5/c1-12(2)13-5-4-8-16(10-13)26-11-17(22)19-20-18(23)14-6-3-7-15(9-14)21(24)25/h3-10,12H,11H2,1-2H3,(H,19,22)(H,20,23). The van der Waals surface area contributed by atoms with Crippen molar-refractivity contribution in [2.45, 2.75) is 19.8 Å². The number of hydrogen-bond acceptors (Lipinski definition) is 5. The van der Waals surface area contributed by atoms with Gasteiger partial charge in [0.2, 0.25) is 0 Å². The third-order valence-corrected chi connectivity index (χ3v) is 3.53. The van der Waals surface area contributed by atoms with Gasteiger partial charge in [-0.15, -0.1) is 0 Å². The van der Waals surface area contributed by atoms with Crippen molar-refractivity contribution in [2.24, 2.45) is 0 Å². The summed E-state index contributed by atoms with van der Waals surface area (Å²) in [6.45, 7) is 3.82. The molecule has 0 heterocycles. The zero-order valence-corrected chi connectivity index (χ0v) is 14.4. The van der Waals surface area contributed by atoms with Crippen LogP contribution in [0.5, 0.6) is 5.75 Å². The average molecular weight is 357 g/mol. The molecule has 0 saturated carbocycles. The van der Waals surface area contributed by atoms with Crippen LogP contribution in [-0.4, -0.2) is 23.3 Å². The van der Waals surface area contributed by atoms with Crippen molar-refractivity contribution >= 4 is 17.5 Å². The van der Waals surface area contributed by atoms with Crippen LogP contribution < -0.4 is 15.6 Å². The molecule has 26 heavy (non-hydrogen) atoms. The molecule has 0 aromatic heterocycles. The van der Waals surface area contributed by atoms with E-state index in [-0.39, 0.29) is 17.9 Å². The van der Waals surface area contributed by atoms with Crippen LogP contribution in [-0.2, 0) is 4.79 Å². The van der Waals surface area contributed by atoms with E-state index in [1.165, 1.54) is 18.2 Å². The van der Waals surface area contributed by atoms with E-state index in [9.17, 15) is 19.7 Å². The fourth-order valence-electron chi connectivity index (χ4n) is 2.11. The Balaban J connectivity index is 1.85. The van der Waals surface area contributed by atoms with Gasteiger partial charge in [0.1, 0.15) is 5.75 Å². The van der Waals surface area contributed by atoms with E-state index in [1.54, 1.807) is 6.07 Å². The Morgan fingerprint density at radius 1 is 1.12 bits per heavy atom. The maximum Gasteiger partial charge on any atom is 0.276 e. The smallest absolute Gasteiger partial charge is 0.276 e. The molecule has 2 aromatic rings. The molecule has 0 unspecified atom stereocenters. The number of benzene rings is 2. The Kier molecular flexibility index (Phi) is 6.26. The minimum Gasteiger partial charge on any atom is -0.484 e. The number of nitrogens with one attached hydrogen (secondary N) is 2. The zero-order valence-electron chi connectivity index (χ0n) is 14.4. The Hall–Kier alpha value is -3.42. The van der Waals surface area contributed by atoms with E-state index >= 15 is 0 Å². The number of carbonyl (C=O) groups is 2. The number of non-ortho nitro benzene ring substituents is 1. The molecule has 2 aromatic carbocycles. The van der Waals surface area contributed by atoms with Gasteiger partial charge in [0.15, 0.2) is 6.61 Å². The van der Waals surface area contributed by atoms with Crippen LogP contribution >= 0.6 is 0 Å². The first-order valence-electron chi connectivity index (χ1n) is 7.93.